The number of guanidine groups is 1. The molecule has 2 heterocycles. The molecule has 0 radical (unpaired) electrons. The third-order valence-corrected chi connectivity index (χ3v) is 4.94. The van der Waals surface area contributed by atoms with Gasteiger partial charge in [0.15, 0.2) is 5.96 Å². The quantitative estimate of drug-likeness (QED) is 0.301. The Morgan fingerprint density at radius 3 is 2.83 bits per heavy atom. The molecule has 2 atom stereocenters. The van der Waals surface area contributed by atoms with Crippen LogP contribution in [-0.4, -0.2) is 59.2 Å². The third kappa shape index (κ3) is 7.50. The molecule has 0 amide bonds. The molecule has 8 heteroatoms. The minimum atomic E-state index is -0.490. The van der Waals surface area contributed by atoms with Crippen molar-refractivity contribution in [3.05, 3.63) is 48.3 Å². The second-order valence-corrected chi connectivity index (χ2v) is 7.36. The number of piperidine rings is 1. The van der Waals surface area contributed by atoms with Gasteiger partial charge in [0.2, 0.25) is 0 Å². The molecule has 0 aliphatic carbocycles. The van der Waals surface area contributed by atoms with Gasteiger partial charge in [-0.25, -0.2) is 0 Å². The Morgan fingerprint density at radius 2 is 2.14 bits per heavy atom. The molecular formula is C21H33IN6O. The van der Waals surface area contributed by atoms with Gasteiger partial charge in [0.25, 0.3) is 0 Å². The molecule has 1 aromatic carbocycles. The number of hydrogen-bond acceptors (Lipinski definition) is 4. The Hall–Kier alpha value is -1.81. The topological polar surface area (TPSA) is 77.7 Å². The van der Waals surface area contributed by atoms with Crippen LogP contribution in [0.1, 0.15) is 25.3 Å². The summed E-state index contributed by atoms with van der Waals surface area (Å²) in [6.45, 7) is 5.19. The van der Waals surface area contributed by atoms with Crippen molar-refractivity contribution in [1.82, 2.24) is 20.4 Å². The zero-order chi connectivity index (χ0) is 19.8. The fourth-order valence-corrected chi connectivity index (χ4v) is 3.56. The number of aromatic nitrogens is 2. The highest BCUT2D eigenvalue weighted by Crippen LogP contribution is 2.18. The van der Waals surface area contributed by atoms with Crippen molar-refractivity contribution >= 4 is 35.6 Å². The van der Waals surface area contributed by atoms with Crippen LogP contribution in [0.15, 0.2) is 47.7 Å². The van der Waals surface area contributed by atoms with Crippen LogP contribution in [0.5, 0.6) is 0 Å². The van der Waals surface area contributed by atoms with Crippen molar-refractivity contribution in [3.8, 4) is 0 Å². The maximum atomic E-state index is 10.3. The lowest BCUT2D eigenvalue weighted by Crippen LogP contribution is -2.51. The van der Waals surface area contributed by atoms with Crippen LogP contribution in [-0.2, 0) is 13.5 Å². The molecular weight excluding hydrogens is 479 g/mol. The van der Waals surface area contributed by atoms with E-state index in [9.17, 15) is 5.11 Å². The fraction of sp³-hybridized carbons (Fsp3) is 0.524. The van der Waals surface area contributed by atoms with Crippen molar-refractivity contribution in [2.45, 2.75) is 38.3 Å². The number of nitrogens with one attached hydrogen (secondary N) is 2. The summed E-state index contributed by atoms with van der Waals surface area (Å²) in [5, 5.41) is 21.5. The minimum absolute atomic E-state index is 0. The van der Waals surface area contributed by atoms with E-state index in [1.807, 2.05) is 48.3 Å². The Balaban J connectivity index is 0.00000300. The number of halogens is 1. The smallest absolute Gasteiger partial charge is 0.191 e. The summed E-state index contributed by atoms with van der Waals surface area (Å²) in [4.78, 5) is 6.98. The van der Waals surface area contributed by atoms with Crippen LogP contribution >= 0.6 is 24.0 Å². The number of aliphatic hydroxyl groups excluding tert-OH is 1. The van der Waals surface area contributed by atoms with E-state index in [4.69, 9.17) is 0 Å². The molecule has 2 unspecified atom stereocenters. The molecule has 0 bridgehead atoms. The van der Waals surface area contributed by atoms with Crippen LogP contribution in [0.2, 0.25) is 0 Å². The average molecular weight is 512 g/mol. The van der Waals surface area contributed by atoms with Gasteiger partial charge >= 0.3 is 0 Å². The van der Waals surface area contributed by atoms with E-state index >= 15 is 0 Å². The first-order valence-corrected chi connectivity index (χ1v) is 10.1. The summed E-state index contributed by atoms with van der Waals surface area (Å²) in [6.07, 6.45) is 6.33. The fourth-order valence-electron chi connectivity index (χ4n) is 3.56. The molecule has 2 aromatic rings. The van der Waals surface area contributed by atoms with E-state index in [0.717, 1.165) is 49.7 Å². The average Bonchev–Trinajstić information content (AvgIpc) is 3.14. The van der Waals surface area contributed by atoms with E-state index in [1.165, 1.54) is 0 Å². The maximum absolute atomic E-state index is 10.3. The lowest BCUT2D eigenvalue weighted by molar-refractivity contribution is 0.183. The van der Waals surface area contributed by atoms with Crippen molar-refractivity contribution in [1.29, 1.82) is 0 Å². The molecule has 1 aliphatic rings. The number of hydrogen-bond donors (Lipinski definition) is 3. The van der Waals surface area contributed by atoms with E-state index < -0.39 is 6.10 Å². The largest absolute Gasteiger partial charge is 0.391 e. The highest BCUT2D eigenvalue weighted by molar-refractivity contribution is 14.0. The van der Waals surface area contributed by atoms with Gasteiger partial charge in [-0.3, -0.25) is 9.67 Å². The van der Waals surface area contributed by atoms with Gasteiger partial charge < -0.3 is 20.6 Å². The zero-order valence-corrected chi connectivity index (χ0v) is 19.6. The van der Waals surface area contributed by atoms with Crippen molar-refractivity contribution in [2.75, 3.05) is 31.1 Å². The summed E-state index contributed by atoms with van der Waals surface area (Å²) in [6, 6.07) is 10.4. The van der Waals surface area contributed by atoms with E-state index in [-0.39, 0.29) is 24.0 Å². The maximum Gasteiger partial charge on any atom is 0.191 e. The Bertz CT molecular complexity index is 751. The summed E-state index contributed by atoms with van der Waals surface area (Å²) in [7, 11) is 1.94. The van der Waals surface area contributed by atoms with Gasteiger partial charge in [-0.05, 0) is 25.3 Å². The summed E-state index contributed by atoms with van der Waals surface area (Å²) >= 11 is 0. The third-order valence-electron chi connectivity index (χ3n) is 4.94. The second-order valence-electron chi connectivity index (χ2n) is 7.36. The zero-order valence-electron chi connectivity index (χ0n) is 17.3. The molecule has 1 fully saturated rings. The molecule has 3 rings (SSSR count). The van der Waals surface area contributed by atoms with Crippen molar-refractivity contribution in [3.63, 3.8) is 0 Å². The first-order chi connectivity index (χ1) is 13.6. The van der Waals surface area contributed by atoms with Crippen molar-refractivity contribution < 1.29 is 5.11 Å². The second kappa shape index (κ2) is 12.0. The van der Waals surface area contributed by atoms with Crippen LogP contribution in [0.25, 0.3) is 0 Å². The Kier molecular flexibility index (Phi) is 9.72. The lowest BCUT2D eigenvalue weighted by Gasteiger charge is -2.34. The highest BCUT2D eigenvalue weighted by atomic mass is 127. The molecule has 29 heavy (non-hydrogen) atoms. The number of aliphatic hydroxyl groups is 1. The van der Waals surface area contributed by atoms with E-state index in [0.29, 0.717) is 19.0 Å². The van der Waals surface area contributed by atoms with Crippen LogP contribution < -0.4 is 15.5 Å². The summed E-state index contributed by atoms with van der Waals surface area (Å²) < 4.78 is 1.84. The number of benzene rings is 1. The number of aryl methyl sites for hydroxylation is 1. The normalized spacial score (nSPS) is 18.1. The SMILES string of the molecule is CCNC(=NCC(O)Cc1ccccc1)NC1CCCN(c2cnn(C)c2)C1.I. The molecule has 1 aliphatic heterocycles. The van der Waals surface area contributed by atoms with Gasteiger partial charge in [-0.2, -0.15) is 5.10 Å². The van der Waals surface area contributed by atoms with Crippen LogP contribution in [0, 0.1) is 0 Å². The van der Waals surface area contributed by atoms with Gasteiger partial charge in [0.1, 0.15) is 0 Å². The lowest BCUT2D eigenvalue weighted by atomic mass is 10.1. The molecule has 7 nitrogen and oxygen atoms in total. The number of anilines is 1. The molecule has 1 aromatic heterocycles. The molecule has 3 N–H and O–H groups in total. The first-order valence-electron chi connectivity index (χ1n) is 10.1. The predicted molar refractivity (Wildman–Crippen MR) is 129 cm³/mol. The standard InChI is InChI=1S/C21H32N6O.HI/c1-3-22-21(23-14-20(28)12-17-8-5-4-6-9-17)25-18-10-7-11-27(15-18)19-13-24-26(2)16-19;/h4-6,8-9,13,16,18,20,28H,3,7,10-12,14-15H2,1-2H3,(H2,22,23,25);1H. The molecule has 0 saturated carbocycles. The van der Waals surface area contributed by atoms with Crippen molar-refractivity contribution in [2.24, 2.45) is 12.0 Å². The Morgan fingerprint density at radius 1 is 1.34 bits per heavy atom. The first kappa shape index (κ1) is 23.5. The molecule has 1 saturated heterocycles. The summed E-state index contributed by atoms with van der Waals surface area (Å²) in [5.74, 6) is 0.771. The van der Waals surface area contributed by atoms with Gasteiger partial charge in [-0.15, -0.1) is 24.0 Å². The van der Waals surface area contributed by atoms with Gasteiger partial charge in [0, 0.05) is 45.3 Å². The molecule has 160 valence electrons. The monoisotopic (exact) mass is 512 g/mol. The highest BCUT2D eigenvalue weighted by Gasteiger charge is 2.21. The van der Waals surface area contributed by atoms with Gasteiger partial charge in [-0.1, -0.05) is 30.3 Å². The number of aliphatic imine (C=N–C) groups is 1. The number of nitrogens with zero attached hydrogens (tertiary/aromatic N) is 4. The molecule has 0 spiro atoms. The van der Waals surface area contributed by atoms with Crippen LogP contribution in [0.3, 0.4) is 0 Å². The summed E-state index contributed by atoms with van der Waals surface area (Å²) in [5.41, 5.74) is 2.29. The minimum Gasteiger partial charge on any atom is -0.391 e. The van der Waals surface area contributed by atoms with Crippen LogP contribution in [0.4, 0.5) is 5.69 Å². The van der Waals surface area contributed by atoms with E-state index in [1.54, 1.807) is 0 Å². The Labute approximate surface area is 190 Å². The van der Waals surface area contributed by atoms with Gasteiger partial charge in [0.05, 0.1) is 24.5 Å². The number of rotatable bonds is 7. The van der Waals surface area contributed by atoms with E-state index in [2.05, 4.69) is 38.7 Å². The predicted octanol–water partition coefficient (Wildman–Crippen LogP) is 2.17.